The highest BCUT2D eigenvalue weighted by atomic mass is 19.4. The van der Waals surface area contributed by atoms with Crippen molar-refractivity contribution < 1.29 is 55.3 Å². The van der Waals surface area contributed by atoms with Gasteiger partial charge in [-0.2, -0.15) is 26.3 Å². The number of carbonyl (C=O) groups is 2. The normalized spacial score (nSPS) is 18.4. The van der Waals surface area contributed by atoms with Crippen LogP contribution in [0.25, 0.3) is 0 Å². The number of nitrogens with one attached hydrogen (secondary N) is 1. The minimum Gasteiger partial charge on any atom is -0.487 e. The number of aliphatic carboxylic acids is 2. The van der Waals surface area contributed by atoms with Crippen LogP contribution in [0.15, 0.2) is 59.9 Å². The molecule has 216 valence electrons. The number of halogens is 6. The molecule has 1 spiro atoms. The zero-order valence-electron chi connectivity index (χ0n) is 20.6. The lowest BCUT2D eigenvalue weighted by molar-refractivity contribution is -0.193. The third-order valence-electron chi connectivity index (χ3n) is 5.97. The van der Waals surface area contributed by atoms with Gasteiger partial charge in [0.2, 0.25) is 0 Å². The molecule has 0 aliphatic carbocycles. The number of ether oxygens (including phenoxy) is 1. The van der Waals surface area contributed by atoms with Crippen molar-refractivity contribution in [1.29, 1.82) is 0 Å². The van der Waals surface area contributed by atoms with Gasteiger partial charge < -0.3 is 24.7 Å². The summed E-state index contributed by atoms with van der Waals surface area (Å²) in [4.78, 5) is 20.2. The number of piperidine rings is 1. The van der Waals surface area contributed by atoms with E-state index >= 15 is 0 Å². The highest BCUT2D eigenvalue weighted by Crippen LogP contribution is 2.44. The van der Waals surface area contributed by atoms with Crippen LogP contribution >= 0.6 is 0 Å². The zero-order valence-corrected chi connectivity index (χ0v) is 20.6. The van der Waals surface area contributed by atoms with Gasteiger partial charge in [-0.1, -0.05) is 24.3 Å². The number of hydrogen-bond acceptors (Lipinski definition) is 6. The van der Waals surface area contributed by atoms with Crippen LogP contribution in [-0.4, -0.2) is 64.6 Å². The van der Waals surface area contributed by atoms with Crippen molar-refractivity contribution in [2.24, 2.45) is 0 Å². The lowest BCUT2D eigenvalue weighted by Gasteiger charge is -2.47. The number of likely N-dealkylation sites (tertiary alicyclic amines) is 1. The number of fused-ring (bicyclic) bond motifs is 1. The minimum absolute atomic E-state index is 0.0555. The average Bonchev–Trinajstić information content (AvgIpc) is 3.38. The molecular weight excluding hydrogens is 538 g/mol. The number of para-hydroxylation sites is 1. The zero-order chi connectivity index (χ0) is 29.3. The third kappa shape index (κ3) is 9.94. The highest BCUT2D eigenvalue weighted by molar-refractivity contribution is 5.73. The lowest BCUT2D eigenvalue weighted by atomic mass is 9.80. The van der Waals surface area contributed by atoms with Crippen LogP contribution in [0.3, 0.4) is 0 Å². The fourth-order valence-electron chi connectivity index (χ4n) is 4.07. The van der Waals surface area contributed by atoms with Crippen LogP contribution in [0, 0.1) is 0 Å². The van der Waals surface area contributed by atoms with Crippen molar-refractivity contribution >= 4 is 11.9 Å². The van der Waals surface area contributed by atoms with Crippen molar-refractivity contribution in [3.8, 4) is 5.75 Å². The van der Waals surface area contributed by atoms with Crippen LogP contribution in [0.4, 0.5) is 26.3 Å². The average molecular weight is 566 g/mol. The summed E-state index contributed by atoms with van der Waals surface area (Å²) in [5.74, 6) is -4.48. The number of carboxylic acids is 2. The lowest BCUT2D eigenvalue weighted by Crippen LogP contribution is -2.51. The van der Waals surface area contributed by atoms with Gasteiger partial charge in [-0.25, -0.2) is 9.59 Å². The monoisotopic (exact) mass is 566 g/mol. The van der Waals surface area contributed by atoms with E-state index in [0.717, 1.165) is 51.2 Å². The van der Waals surface area contributed by atoms with Gasteiger partial charge in [-0.05, 0) is 25.0 Å². The maximum atomic E-state index is 10.6. The molecule has 1 aromatic carbocycles. The first-order chi connectivity index (χ1) is 18.2. The summed E-state index contributed by atoms with van der Waals surface area (Å²) in [6.07, 6.45) is -1.49. The van der Waals surface area contributed by atoms with E-state index in [2.05, 4.69) is 41.1 Å². The van der Waals surface area contributed by atoms with Crippen molar-refractivity contribution in [3.05, 3.63) is 66.6 Å². The third-order valence-corrected chi connectivity index (χ3v) is 5.97. The Balaban J connectivity index is 0.000000317. The molecule has 1 fully saturated rings. The van der Waals surface area contributed by atoms with Crippen LogP contribution in [0.2, 0.25) is 0 Å². The maximum absolute atomic E-state index is 10.6. The first kappa shape index (κ1) is 31.7. The van der Waals surface area contributed by atoms with Crippen LogP contribution in [-0.2, 0) is 16.1 Å². The summed E-state index contributed by atoms with van der Waals surface area (Å²) in [7, 11) is 0. The van der Waals surface area contributed by atoms with Gasteiger partial charge in [0, 0.05) is 49.8 Å². The number of hydrogen-bond donors (Lipinski definition) is 3. The molecule has 2 aromatic rings. The predicted octanol–water partition coefficient (Wildman–Crippen LogP) is 5.18. The number of benzene rings is 1. The Kier molecular flexibility index (Phi) is 11.0. The second kappa shape index (κ2) is 13.5. The molecule has 1 saturated heterocycles. The summed E-state index contributed by atoms with van der Waals surface area (Å²) < 4.78 is 75.2. The van der Waals surface area contributed by atoms with Crippen LogP contribution < -0.4 is 10.1 Å². The van der Waals surface area contributed by atoms with E-state index in [-0.39, 0.29) is 5.60 Å². The molecule has 39 heavy (non-hydrogen) atoms. The summed E-state index contributed by atoms with van der Waals surface area (Å²) in [6.45, 7) is 7.78. The van der Waals surface area contributed by atoms with Crippen LogP contribution in [0.5, 0.6) is 5.75 Å². The number of furan rings is 1. The van der Waals surface area contributed by atoms with E-state index in [9.17, 15) is 26.3 Å². The SMILES string of the molecule is C=CCN1CCC2(CC1)CC(NCc1ccoc1)c1ccccc1O2.O=C(O)C(F)(F)F.O=C(O)C(F)(F)F. The maximum Gasteiger partial charge on any atom is 0.490 e. The Morgan fingerprint density at radius 3 is 2.10 bits per heavy atom. The first-order valence-electron chi connectivity index (χ1n) is 11.6. The molecule has 1 atom stereocenters. The number of rotatable bonds is 5. The molecule has 0 bridgehead atoms. The van der Waals surface area contributed by atoms with Gasteiger partial charge in [-0.3, -0.25) is 4.90 Å². The van der Waals surface area contributed by atoms with E-state index in [1.54, 1.807) is 6.26 Å². The van der Waals surface area contributed by atoms with Gasteiger partial charge in [0.15, 0.2) is 0 Å². The van der Waals surface area contributed by atoms with Gasteiger partial charge in [0.1, 0.15) is 11.4 Å². The molecule has 2 aliphatic rings. The Morgan fingerprint density at radius 2 is 1.62 bits per heavy atom. The van der Waals surface area contributed by atoms with Crippen molar-refractivity contribution in [2.45, 2.75) is 49.8 Å². The Bertz CT molecular complexity index is 1060. The van der Waals surface area contributed by atoms with E-state index in [1.807, 2.05) is 18.4 Å². The van der Waals surface area contributed by atoms with Gasteiger partial charge >= 0.3 is 24.3 Å². The molecule has 0 saturated carbocycles. The predicted molar refractivity (Wildman–Crippen MR) is 126 cm³/mol. The second-order valence-corrected chi connectivity index (χ2v) is 8.79. The molecule has 3 heterocycles. The molecule has 14 heteroatoms. The van der Waals surface area contributed by atoms with Gasteiger partial charge in [-0.15, -0.1) is 6.58 Å². The fourth-order valence-corrected chi connectivity index (χ4v) is 4.07. The van der Waals surface area contributed by atoms with E-state index < -0.39 is 24.3 Å². The molecule has 0 amide bonds. The molecule has 0 radical (unpaired) electrons. The Morgan fingerprint density at radius 1 is 1.05 bits per heavy atom. The minimum atomic E-state index is -5.08. The Labute approximate surface area is 219 Å². The molecule has 3 N–H and O–H groups in total. The topological polar surface area (TPSA) is 112 Å². The van der Waals surface area contributed by atoms with Gasteiger partial charge in [0.05, 0.1) is 12.5 Å². The fraction of sp³-hybridized carbons (Fsp3) is 0.440. The molecule has 2 aliphatic heterocycles. The summed E-state index contributed by atoms with van der Waals surface area (Å²) in [5, 5.41) is 18.0. The largest absolute Gasteiger partial charge is 0.490 e. The van der Waals surface area contributed by atoms with E-state index in [1.165, 1.54) is 11.1 Å². The van der Waals surface area contributed by atoms with Gasteiger partial charge in [0.25, 0.3) is 0 Å². The standard InChI is InChI=1S/C21H26N2O2.2C2HF3O2/c1-2-10-23-11-8-21(9-12-23)14-19(22-15-17-7-13-24-16-17)18-5-3-4-6-20(18)25-21;2*3-2(4,5)1(6)7/h2-7,13,16,19,22H,1,8-12,14-15H2;2*(H,6,7). The first-order valence-corrected chi connectivity index (χ1v) is 11.6. The molecule has 4 rings (SSSR count). The van der Waals surface area contributed by atoms with Crippen LogP contribution in [0.1, 0.15) is 36.4 Å². The molecule has 8 nitrogen and oxygen atoms in total. The van der Waals surface area contributed by atoms with E-state index in [0.29, 0.717) is 6.04 Å². The summed E-state index contributed by atoms with van der Waals surface area (Å²) in [6, 6.07) is 10.8. The highest BCUT2D eigenvalue weighted by Gasteiger charge is 2.43. The smallest absolute Gasteiger partial charge is 0.487 e. The number of nitrogens with zero attached hydrogens (tertiary/aromatic N) is 1. The van der Waals surface area contributed by atoms with E-state index in [4.69, 9.17) is 29.0 Å². The number of alkyl halides is 6. The summed E-state index contributed by atoms with van der Waals surface area (Å²) >= 11 is 0. The molecule has 1 unspecified atom stereocenters. The van der Waals surface area contributed by atoms with Crippen molar-refractivity contribution in [1.82, 2.24) is 10.2 Å². The Hall–Kier alpha value is -3.52. The summed E-state index contributed by atoms with van der Waals surface area (Å²) in [5.41, 5.74) is 2.39. The number of carboxylic acid groups (broad SMARTS) is 2. The second-order valence-electron chi connectivity index (χ2n) is 8.79. The van der Waals surface area contributed by atoms with Crippen molar-refractivity contribution in [3.63, 3.8) is 0 Å². The van der Waals surface area contributed by atoms with Crippen molar-refractivity contribution in [2.75, 3.05) is 19.6 Å². The quantitative estimate of drug-likeness (QED) is 0.335. The molecular formula is C25H28F6N2O6. The molecule has 1 aromatic heterocycles.